The molecule has 0 aliphatic heterocycles. The molecule has 0 spiro atoms. The van der Waals surface area contributed by atoms with Gasteiger partial charge in [0.05, 0.1) is 4.88 Å². The average Bonchev–Trinajstić information content (AvgIpc) is 3.14. The van der Waals surface area contributed by atoms with E-state index in [0.29, 0.717) is 32.7 Å². The second kappa shape index (κ2) is 8.36. The van der Waals surface area contributed by atoms with Gasteiger partial charge in [0.15, 0.2) is 0 Å². The maximum atomic E-state index is 12.3. The first-order valence-electron chi connectivity index (χ1n) is 7.69. The summed E-state index contributed by atoms with van der Waals surface area (Å²) in [4.78, 5) is 24.9. The number of carbonyl (C=O) groups is 2. The number of amides is 2. The monoisotopic (exact) mass is 404 g/mol. The molecule has 0 fully saturated rings. The fourth-order valence-corrected chi connectivity index (χ4v) is 3.45. The Hall–Kier alpha value is -2.34. The molecule has 3 rings (SSSR count). The van der Waals surface area contributed by atoms with Crippen molar-refractivity contribution in [3.63, 3.8) is 0 Å². The van der Waals surface area contributed by atoms with Gasteiger partial charge in [-0.2, -0.15) is 0 Å². The van der Waals surface area contributed by atoms with Crippen molar-refractivity contribution in [1.29, 1.82) is 0 Å². The lowest BCUT2D eigenvalue weighted by atomic mass is 10.1. The molecule has 0 saturated heterocycles. The van der Waals surface area contributed by atoms with Crippen LogP contribution >= 0.6 is 34.5 Å². The van der Waals surface area contributed by atoms with Crippen molar-refractivity contribution in [1.82, 2.24) is 5.32 Å². The molecule has 1 heterocycles. The lowest BCUT2D eigenvalue weighted by Gasteiger charge is -2.08. The molecular formula is C19H14Cl2N2O2S. The zero-order valence-electron chi connectivity index (χ0n) is 13.5. The number of benzene rings is 2. The van der Waals surface area contributed by atoms with Gasteiger partial charge in [0, 0.05) is 27.8 Å². The van der Waals surface area contributed by atoms with Crippen molar-refractivity contribution in [2.75, 3.05) is 5.32 Å². The summed E-state index contributed by atoms with van der Waals surface area (Å²) in [5.41, 5.74) is 1.92. The molecule has 0 aliphatic rings. The summed E-state index contributed by atoms with van der Waals surface area (Å²) in [6.07, 6.45) is 0. The lowest BCUT2D eigenvalue weighted by molar-refractivity contribution is 0.0953. The van der Waals surface area contributed by atoms with Crippen LogP contribution in [0.1, 0.15) is 25.6 Å². The molecule has 1 aromatic heterocycles. The van der Waals surface area contributed by atoms with Crippen molar-refractivity contribution in [3.8, 4) is 0 Å². The van der Waals surface area contributed by atoms with Gasteiger partial charge in [0.1, 0.15) is 0 Å². The first-order chi connectivity index (χ1) is 12.5. The number of halogens is 2. The van der Waals surface area contributed by atoms with Crippen LogP contribution in [0.2, 0.25) is 10.0 Å². The summed E-state index contributed by atoms with van der Waals surface area (Å²) < 4.78 is 0. The number of nitrogens with one attached hydrogen (secondary N) is 2. The molecule has 0 aliphatic carbocycles. The average molecular weight is 405 g/mol. The summed E-state index contributed by atoms with van der Waals surface area (Å²) in [6.45, 7) is 0.391. The summed E-state index contributed by atoms with van der Waals surface area (Å²) in [7, 11) is 0. The van der Waals surface area contributed by atoms with E-state index in [1.54, 1.807) is 48.5 Å². The Labute approximate surface area is 164 Å². The predicted molar refractivity (Wildman–Crippen MR) is 106 cm³/mol. The maximum Gasteiger partial charge on any atom is 0.261 e. The molecule has 7 heteroatoms. The number of thiophene rings is 1. The number of anilines is 1. The first-order valence-corrected chi connectivity index (χ1v) is 9.33. The van der Waals surface area contributed by atoms with Crippen LogP contribution < -0.4 is 10.6 Å². The van der Waals surface area contributed by atoms with Crippen molar-refractivity contribution < 1.29 is 9.59 Å². The molecule has 0 bridgehead atoms. The van der Waals surface area contributed by atoms with E-state index in [1.807, 2.05) is 11.4 Å². The number of rotatable bonds is 5. The summed E-state index contributed by atoms with van der Waals surface area (Å²) in [5.74, 6) is -0.378. The van der Waals surface area contributed by atoms with Crippen LogP contribution in [-0.4, -0.2) is 11.8 Å². The van der Waals surface area contributed by atoms with Crippen LogP contribution in [0.25, 0.3) is 0 Å². The molecule has 0 atom stereocenters. The Kier molecular flexibility index (Phi) is 5.93. The van der Waals surface area contributed by atoms with E-state index in [2.05, 4.69) is 10.6 Å². The molecule has 2 N–H and O–H groups in total. The van der Waals surface area contributed by atoms with Gasteiger partial charge in [-0.15, -0.1) is 11.3 Å². The van der Waals surface area contributed by atoms with Crippen molar-refractivity contribution in [2.45, 2.75) is 6.54 Å². The number of carbonyl (C=O) groups excluding carboxylic acids is 2. The topological polar surface area (TPSA) is 58.2 Å². The van der Waals surface area contributed by atoms with Gasteiger partial charge in [0.2, 0.25) is 0 Å². The highest BCUT2D eigenvalue weighted by atomic mass is 35.5. The Bertz CT molecular complexity index is 905. The standard InChI is InChI=1S/C19H14Cl2N2O2S/c20-14-8-15(21)10-16(9-14)23-18(24)13-5-3-12(4-6-13)11-22-19(25)17-2-1-7-26-17/h1-10H,11H2,(H,22,25)(H,23,24). The quantitative estimate of drug-likeness (QED) is 0.610. The van der Waals surface area contributed by atoms with Crippen LogP contribution in [0.4, 0.5) is 5.69 Å². The minimum atomic E-state index is -0.266. The first kappa shape index (κ1) is 18.5. The normalized spacial score (nSPS) is 10.4. The van der Waals surface area contributed by atoms with Gasteiger partial charge < -0.3 is 10.6 Å². The van der Waals surface area contributed by atoms with Crippen molar-refractivity contribution >= 4 is 52.0 Å². The van der Waals surface area contributed by atoms with E-state index < -0.39 is 0 Å². The second-order valence-corrected chi connectivity index (χ2v) is 7.29. The van der Waals surface area contributed by atoms with Crippen molar-refractivity contribution in [3.05, 3.63) is 86.0 Å². The third kappa shape index (κ3) is 4.85. The number of hydrogen-bond donors (Lipinski definition) is 2. The van der Waals surface area contributed by atoms with Gasteiger partial charge in [-0.05, 0) is 47.3 Å². The zero-order chi connectivity index (χ0) is 18.5. The smallest absolute Gasteiger partial charge is 0.261 e. The van der Waals surface area contributed by atoms with E-state index in [1.165, 1.54) is 11.3 Å². The predicted octanol–water partition coefficient (Wildman–Crippen LogP) is 5.24. The van der Waals surface area contributed by atoms with E-state index >= 15 is 0 Å². The van der Waals surface area contributed by atoms with Crippen molar-refractivity contribution in [2.24, 2.45) is 0 Å². The van der Waals surface area contributed by atoms with E-state index in [4.69, 9.17) is 23.2 Å². The maximum absolute atomic E-state index is 12.3. The highest BCUT2D eigenvalue weighted by Crippen LogP contribution is 2.23. The Morgan fingerprint density at radius 3 is 2.23 bits per heavy atom. The fourth-order valence-electron chi connectivity index (χ4n) is 2.28. The van der Waals surface area contributed by atoms with E-state index in [9.17, 15) is 9.59 Å². The third-order valence-electron chi connectivity index (χ3n) is 3.53. The zero-order valence-corrected chi connectivity index (χ0v) is 15.8. The molecule has 2 amide bonds. The largest absolute Gasteiger partial charge is 0.347 e. The molecule has 2 aromatic carbocycles. The SMILES string of the molecule is O=C(Nc1cc(Cl)cc(Cl)c1)c1ccc(CNC(=O)c2cccs2)cc1. The number of hydrogen-bond acceptors (Lipinski definition) is 3. The van der Waals surface area contributed by atoms with Crippen LogP contribution in [0.3, 0.4) is 0 Å². The molecule has 26 heavy (non-hydrogen) atoms. The molecule has 4 nitrogen and oxygen atoms in total. The molecule has 3 aromatic rings. The molecule has 132 valence electrons. The second-order valence-electron chi connectivity index (χ2n) is 5.47. The lowest BCUT2D eigenvalue weighted by Crippen LogP contribution is -2.21. The Balaban J connectivity index is 1.59. The van der Waals surface area contributed by atoms with Gasteiger partial charge in [-0.3, -0.25) is 9.59 Å². The Morgan fingerprint density at radius 2 is 1.62 bits per heavy atom. The minimum Gasteiger partial charge on any atom is -0.347 e. The Morgan fingerprint density at radius 1 is 0.923 bits per heavy atom. The van der Waals surface area contributed by atoms with Gasteiger partial charge in [0.25, 0.3) is 11.8 Å². The third-order valence-corrected chi connectivity index (χ3v) is 4.84. The highest BCUT2D eigenvalue weighted by Gasteiger charge is 2.09. The van der Waals surface area contributed by atoms with Gasteiger partial charge in [-0.1, -0.05) is 41.4 Å². The minimum absolute atomic E-state index is 0.111. The summed E-state index contributed by atoms with van der Waals surface area (Å²) in [5, 5.41) is 8.35. The fraction of sp³-hybridized carbons (Fsp3) is 0.0526. The molecule has 0 unspecified atom stereocenters. The summed E-state index contributed by atoms with van der Waals surface area (Å²) >= 11 is 13.2. The molecule has 0 radical (unpaired) electrons. The van der Waals surface area contributed by atoms with Crippen LogP contribution in [-0.2, 0) is 6.54 Å². The van der Waals surface area contributed by atoms with Gasteiger partial charge in [-0.25, -0.2) is 0 Å². The van der Waals surface area contributed by atoms with E-state index in [-0.39, 0.29) is 11.8 Å². The van der Waals surface area contributed by atoms with Crippen LogP contribution in [0, 0.1) is 0 Å². The molecule has 0 saturated carbocycles. The van der Waals surface area contributed by atoms with Gasteiger partial charge >= 0.3 is 0 Å². The highest BCUT2D eigenvalue weighted by molar-refractivity contribution is 7.12. The molecular weight excluding hydrogens is 391 g/mol. The van der Waals surface area contributed by atoms with Crippen LogP contribution in [0.5, 0.6) is 0 Å². The van der Waals surface area contributed by atoms with Crippen LogP contribution in [0.15, 0.2) is 60.0 Å². The summed E-state index contributed by atoms with van der Waals surface area (Å²) in [6, 6.07) is 15.5. The van der Waals surface area contributed by atoms with E-state index in [0.717, 1.165) is 5.56 Å².